The number of ether oxygens (including phenoxy) is 1. The van der Waals surface area contributed by atoms with Crippen LogP contribution in [0, 0.1) is 5.82 Å². The summed E-state index contributed by atoms with van der Waals surface area (Å²) in [6, 6.07) is 12.5. The zero-order valence-electron chi connectivity index (χ0n) is 25.6. The molecule has 2 saturated heterocycles. The highest BCUT2D eigenvalue weighted by Gasteiger charge is 2.38. The van der Waals surface area contributed by atoms with Gasteiger partial charge in [0, 0.05) is 78.1 Å². The summed E-state index contributed by atoms with van der Waals surface area (Å²) in [5.41, 5.74) is 6.63. The second-order valence-corrected chi connectivity index (χ2v) is 12.5. The number of rotatable bonds is 9. The summed E-state index contributed by atoms with van der Waals surface area (Å²) in [7, 11) is 0. The molecule has 0 spiro atoms. The van der Waals surface area contributed by atoms with E-state index in [0.29, 0.717) is 48.1 Å². The normalized spacial score (nSPS) is 16.9. The number of hydrogen-bond acceptors (Lipinski definition) is 7. The molecule has 2 fully saturated rings. The number of hydrogen-bond donors (Lipinski definition) is 2. The number of benzene rings is 1. The van der Waals surface area contributed by atoms with Crippen molar-refractivity contribution in [3.63, 3.8) is 0 Å². The van der Waals surface area contributed by atoms with Crippen molar-refractivity contribution < 1.29 is 17.9 Å². The summed E-state index contributed by atoms with van der Waals surface area (Å²) in [6.45, 7) is 3.99. The minimum Gasteiger partial charge on any atom is -0.492 e. The zero-order valence-corrected chi connectivity index (χ0v) is 25.6. The maximum absolute atomic E-state index is 14.8. The van der Waals surface area contributed by atoms with E-state index in [4.69, 9.17) is 4.74 Å². The molecular weight excluding hydrogens is 605 g/mol. The van der Waals surface area contributed by atoms with E-state index in [1.165, 1.54) is 25.0 Å². The van der Waals surface area contributed by atoms with Crippen LogP contribution in [0.3, 0.4) is 0 Å². The van der Waals surface area contributed by atoms with Gasteiger partial charge in [-0.15, -0.1) is 0 Å². The molecule has 0 bridgehead atoms. The third-order valence-corrected chi connectivity index (χ3v) is 9.02. The number of alkyl halides is 2. The van der Waals surface area contributed by atoms with E-state index in [2.05, 4.69) is 35.0 Å². The van der Waals surface area contributed by atoms with Gasteiger partial charge in [-0.1, -0.05) is 0 Å². The second kappa shape index (κ2) is 12.1. The van der Waals surface area contributed by atoms with Crippen molar-refractivity contribution in [2.24, 2.45) is 0 Å². The molecule has 240 valence electrons. The number of H-pyrrole nitrogens is 2. The SMILES string of the molecule is Fc1cc(OCCN2CCCC2)cc(-c2nccc3[nH]c(-c4n[nH]c5cnc(-c6cncc(CN7CCC(F)(F)C7)c6)cc45)cc23)c1. The van der Waals surface area contributed by atoms with Gasteiger partial charge < -0.3 is 9.72 Å². The molecule has 47 heavy (non-hydrogen) atoms. The van der Waals surface area contributed by atoms with Crippen LogP contribution in [0.25, 0.3) is 55.7 Å². The molecule has 6 aromatic rings. The number of likely N-dealkylation sites (tertiary alicyclic amines) is 2. The summed E-state index contributed by atoms with van der Waals surface area (Å²) >= 11 is 0. The van der Waals surface area contributed by atoms with Crippen LogP contribution in [-0.4, -0.2) is 85.2 Å². The minimum atomic E-state index is -2.64. The molecule has 0 unspecified atom stereocenters. The molecule has 2 aliphatic rings. The fraction of sp³-hybridized carbons (Fsp3) is 0.314. The molecule has 2 N–H and O–H groups in total. The van der Waals surface area contributed by atoms with E-state index in [1.54, 1.807) is 29.7 Å². The van der Waals surface area contributed by atoms with E-state index in [0.717, 1.165) is 58.3 Å². The van der Waals surface area contributed by atoms with Gasteiger partial charge in [-0.25, -0.2) is 13.2 Å². The van der Waals surface area contributed by atoms with E-state index in [-0.39, 0.29) is 18.8 Å². The first kappa shape index (κ1) is 29.6. The van der Waals surface area contributed by atoms with Crippen LogP contribution in [0.1, 0.15) is 24.8 Å². The molecule has 0 aliphatic carbocycles. The van der Waals surface area contributed by atoms with Crippen molar-refractivity contribution >= 4 is 21.8 Å². The van der Waals surface area contributed by atoms with E-state index in [1.807, 2.05) is 30.3 Å². The maximum Gasteiger partial charge on any atom is 0.261 e. The monoisotopic (exact) mass is 638 g/mol. The van der Waals surface area contributed by atoms with Crippen molar-refractivity contribution in [1.29, 1.82) is 0 Å². The van der Waals surface area contributed by atoms with Crippen molar-refractivity contribution in [3.05, 3.63) is 78.6 Å². The van der Waals surface area contributed by atoms with E-state index >= 15 is 0 Å². The summed E-state index contributed by atoms with van der Waals surface area (Å²) in [5, 5.41) is 9.34. The van der Waals surface area contributed by atoms with Gasteiger partial charge in [-0.05, 0) is 67.9 Å². The largest absolute Gasteiger partial charge is 0.492 e. The molecule has 0 atom stereocenters. The number of nitrogens with one attached hydrogen (secondary N) is 2. The van der Waals surface area contributed by atoms with Crippen molar-refractivity contribution in [2.45, 2.75) is 31.7 Å². The zero-order chi connectivity index (χ0) is 32.0. The van der Waals surface area contributed by atoms with E-state index < -0.39 is 5.92 Å². The highest BCUT2D eigenvalue weighted by molar-refractivity contribution is 6.00. The van der Waals surface area contributed by atoms with Crippen molar-refractivity contribution in [2.75, 3.05) is 39.3 Å². The number of aromatic amines is 2. The fourth-order valence-corrected chi connectivity index (χ4v) is 6.69. The lowest BCUT2D eigenvalue weighted by Crippen LogP contribution is -2.25. The Morgan fingerprint density at radius 1 is 0.851 bits per heavy atom. The third kappa shape index (κ3) is 6.18. The Hall–Kier alpha value is -4.81. The third-order valence-electron chi connectivity index (χ3n) is 9.02. The van der Waals surface area contributed by atoms with Gasteiger partial charge in [0.15, 0.2) is 0 Å². The van der Waals surface area contributed by atoms with Crippen LogP contribution in [0.5, 0.6) is 5.75 Å². The molecule has 1 aromatic carbocycles. The number of aromatic nitrogens is 6. The minimum absolute atomic E-state index is 0.121. The molecule has 12 heteroatoms. The number of halogens is 3. The molecule has 5 aromatic heterocycles. The Morgan fingerprint density at radius 3 is 2.57 bits per heavy atom. The summed E-state index contributed by atoms with van der Waals surface area (Å²) < 4.78 is 48.2. The highest BCUT2D eigenvalue weighted by atomic mass is 19.3. The quantitative estimate of drug-likeness (QED) is 0.182. The molecule has 9 nitrogen and oxygen atoms in total. The molecule has 0 amide bonds. The van der Waals surface area contributed by atoms with Crippen LogP contribution < -0.4 is 4.74 Å². The predicted molar refractivity (Wildman–Crippen MR) is 174 cm³/mol. The van der Waals surface area contributed by atoms with Crippen LogP contribution >= 0.6 is 0 Å². The lowest BCUT2D eigenvalue weighted by molar-refractivity contribution is 0.0115. The summed E-state index contributed by atoms with van der Waals surface area (Å²) in [4.78, 5) is 21.2. The molecule has 8 rings (SSSR count). The standard InChI is InChI=1S/C35H33F3N8O/c36-25-12-23(13-26(14-25)47-10-9-45-6-1-2-7-45)33-27-16-31(42-29(27)3-5-40-33)34-28-15-30(41-19-32(28)43-44-34)24-11-22(17-39-18-24)20-46-8-4-35(37,38)21-46/h3,5,11-19,42H,1-2,4,6-10,20-21H2,(H,43,44). The Kier molecular flexibility index (Phi) is 7.61. The molecule has 7 heterocycles. The fourth-order valence-electron chi connectivity index (χ4n) is 6.69. The van der Waals surface area contributed by atoms with Gasteiger partial charge in [-0.2, -0.15) is 5.10 Å². The Balaban J connectivity index is 1.08. The van der Waals surface area contributed by atoms with E-state index in [9.17, 15) is 13.2 Å². The van der Waals surface area contributed by atoms with Crippen molar-refractivity contribution in [3.8, 4) is 39.7 Å². The van der Waals surface area contributed by atoms with Crippen molar-refractivity contribution in [1.82, 2.24) is 39.9 Å². The van der Waals surface area contributed by atoms with Gasteiger partial charge in [0.05, 0.1) is 35.3 Å². The second-order valence-electron chi connectivity index (χ2n) is 12.5. The van der Waals surface area contributed by atoms with Crippen LogP contribution in [0.4, 0.5) is 13.2 Å². The molecule has 2 aliphatic heterocycles. The molecule has 0 saturated carbocycles. The smallest absolute Gasteiger partial charge is 0.261 e. The molecule has 0 radical (unpaired) electrons. The van der Waals surface area contributed by atoms with Gasteiger partial charge in [0.25, 0.3) is 5.92 Å². The molecular formula is C35H33F3N8O. The summed E-state index contributed by atoms with van der Waals surface area (Å²) in [5.74, 6) is -2.55. The number of pyridine rings is 3. The maximum atomic E-state index is 14.8. The first-order chi connectivity index (χ1) is 22.9. The predicted octanol–water partition coefficient (Wildman–Crippen LogP) is 6.68. The van der Waals surface area contributed by atoms with Gasteiger partial charge >= 0.3 is 0 Å². The van der Waals surface area contributed by atoms with Gasteiger partial charge in [0.2, 0.25) is 0 Å². The lowest BCUT2D eigenvalue weighted by Gasteiger charge is -2.15. The number of fused-ring (bicyclic) bond motifs is 2. The van der Waals surface area contributed by atoms with Gasteiger partial charge in [0.1, 0.15) is 23.9 Å². The highest BCUT2D eigenvalue weighted by Crippen LogP contribution is 2.35. The van der Waals surface area contributed by atoms with Crippen LogP contribution in [0.2, 0.25) is 0 Å². The average Bonchev–Trinajstić information content (AvgIpc) is 3.87. The number of nitrogens with zero attached hydrogens (tertiary/aromatic N) is 6. The average molecular weight is 639 g/mol. The Bertz CT molecular complexity index is 2070. The van der Waals surface area contributed by atoms with Crippen LogP contribution in [-0.2, 0) is 6.54 Å². The first-order valence-corrected chi connectivity index (χ1v) is 15.9. The van der Waals surface area contributed by atoms with Gasteiger partial charge in [-0.3, -0.25) is 29.9 Å². The Labute approximate surface area is 268 Å². The topological polar surface area (TPSA) is 98.8 Å². The van der Waals surface area contributed by atoms with Crippen LogP contribution in [0.15, 0.2) is 67.3 Å². The lowest BCUT2D eigenvalue weighted by atomic mass is 10.1. The summed E-state index contributed by atoms with van der Waals surface area (Å²) in [6.07, 6.45) is 9.15. The first-order valence-electron chi connectivity index (χ1n) is 15.9. The Morgan fingerprint density at radius 2 is 1.72 bits per heavy atom.